The third kappa shape index (κ3) is 2.47. The van der Waals surface area contributed by atoms with Gasteiger partial charge in [-0.2, -0.15) is 0 Å². The third-order valence-corrected chi connectivity index (χ3v) is 5.40. The number of benzene rings is 4. The van der Waals surface area contributed by atoms with E-state index < -0.39 is 0 Å². The smallest absolute Gasteiger partial charge is 0.0497 e. The molecule has 1 aromatic heterocycles. The summed E-state index contributed by atoms with van der Waals surface area (Å²) in [6.07, 6.45) is 0. The molecule has 0 aliphatic rings. The summed E-state index contributed by atoms with van der Waals surface area (Å²) in [5.41, 5.74) is 7.74. The molecule has 0 saturated carbocycles. The molecular weight excluding hydrogens is 326 g/mol. The van der Waals surface area contributed by atoms with Crippen LogP contribution in [-0.2, 0) is 6.54 Å². The highest BCUT2D eigenvalue weighted by Crippen LogP contribution is 2.41. The van der Waals surface area contributed by atoms with Crippen molar-refractivity contribution in [3.63, 3.8) is 0 Å². The predicted molar refractivity (Wildman–Crippen MR) is 116 cm³/mol. The molecule has 0 bridgehead atoms. The van der Waals surface area contributed by atoms with Gasteiger partial charge < -0.3 is 4.57 Å². The highest BCUT2D eigenvalue weighted by atomic mass is 15.0. The molecule has 0 radical (unpaired) electrons. The summed E-state index contributed by atoms with van der Waals surface area (Å²) in [6, 6.07) is 34.8. The Balaban J connectivity index is 1.98. The molecule has 0 N–H and O–H groups in total. The molecule has 0 unspecified atom stereocenters. The number of rotatable bonds is 3. The first-order chi connectivity index (χ1) is 13.4. The van der Waals surface area contributed by atoms with Gasteiger partial charge in [-0.05, 0) is 41.3 Å². The maximum Gasteiger partial charge on any atom is 0.0497 e. The maximum absolute atomic E-state index is 2.43. The van der Waals surface area contributed by atoms with E-state index in [2.05, 4.69) is 109 Å². The van der Waals surface area contributed by atoms with Gasteiger partial charge in [0.25, 0.3) is 0 Å². The summed E-state index contributed by atoms with van der Waals surface area (Å²) in [4.78, 5) is 0. The molecule has 130 valence electrons. The Morgan fingerprint density at radius 3 is 1.37 bits per heavy atom. The molecule has 0 aliphatic carbocycles. The van der Waals surface area contributed by atoms with Gasteiger partial charge in [-0.3, -0.25) is 0 Å². The van der Waals surface area contributed by atoms with E-state index >= 15 is 0 Å². The molecular formula is C26H21N. The zero-order valence-electron chi connectivity index (χ0n) is 15.4. The van der Waals surface area contributed by atoms with Crippen molar-refractivity contribution in [3.05, 3.63) is 97.1 Å². The van der Waals surface area contributed by atoms with Gasteiger partial charge in [0, 0.05) is 28.4 Å². The summed E-state index contributed by atoms with van der Waals surface area (Å²) >= 11 is 0. The minimum Gasteiger partial charge on any atom is -0.341 e. The van der Waals surface area contributed by atoms with E-state index in [1.54, 1.807) is 0 Å². The maximum atomic E-state index is 2.43. The Hall–Kier alpha value is -3.32. The van der Waals surface area contributed by atoms with Gasteiger partial charge in [-0.15, -0.1) is 0 Å². The minimum atomic E-state index is 0.955. The van der Waals surface area contributed by atoms with Gasteiger partial charge in [0.1, 0.15) is 0 Å². The van der Waals surface area contributed by atoms with Crippen molar-refractivity contribution in [1.29, 1.82) is 0 Å². The van der Waals surface area contributed by atoms with Crippen LogP contribution in [0, 0.1) is 0 Å². The number of aryl methyl sites for hydroxylation is 1. The first-order valence-corrected chi connectivity index (χ1v) is 9.53. The van der Waals surface area contributed by atoms with Gasteiger partial charge in [-0.25, -0.2) is 0 Å². The van der Waals surface area contributed by atoms with Crippen LogP contribution in [0.25, 0.3) is 44.1 Å². The number of fused-ring (bicyclic) bond motifs is 3. The molecule has 4 aromatic carbocycles. The molecule has 27 heavy (non-hydrogen) atoms. The van der Waals surface area contributed by atoms with Gasteiger partial charge in [0.05, 0.1) is 0 Å². The second kappa shape index (κ2) is 6.44. The van der Waals surface area contributed by atoms with Crippen molar-refractivity contribution in [2.75, 3.05) is 0 Å². The van der Waals surface area contributed by atoms with Crippen molar-refractivity contribution in [2.24, 2.45) is 0 Å². The van der Waals surface area contributed by atoms with Crippen LogP contribution in [0.3, 0.4) is 0 Å². The van der Waals surface area contributed by atoms with Crippen molar-refractivity contribution >= 4 is 21.8 Å². The lowest BCUT2D eigenvalue weighted by Crippen LogP contribution is -1.92. The van der Waals surface area contributed by atoms with Gasteiger partial charge in [0.15, 0.2) is 0 Å². The monoisotopic (exact) mass is 347 g/mol. The van der Waals surface area contributed by atoms with Gasteiger partial charge >= 0.3 is 0 Å². The predicted octanol–water partition coefficient (Wildman–Crippen LogP) is 7.15. The van der Waals surface area contributed by atoms with Crippen LogP contribution in [0.5, 0.6) is 0 Å². The molecule has 0 spiro atoms. The van der Waals surface area contributed by atoms with E-state index in [9.17, 15) is 0 Å². The van der Waals surface area contributed by atoms with Gasteiger partial charge in [0.2, 0.25) is 0 Å². The molecule has 1 heteroatoms. The molecule has 1 heterocycles. The molecule has 1 nitrogen and oxygen atoms in total. The van der Waals surface area contributed by atoms with Crippen molar-refractivity contribution in [3.8, 4) is 22.3 Å². The van der Waals surface area contributed by atoms with Crippen LogP contribution in [-0.4, -0.2) is 4.57 Å². The Morgan fingerprint density at radius 2 is 0.963 bits per heavy atom. The second-order valence-electron chi connectivity index (χ2n) is 6.88. The average molecular weight is 347 g/mol. The zero-order valence-corrected chi connectivity index (χ0v) is 15.4. The summed E-state index contributed by atoms with van der Waals surface area (Å²) in [7, 11) is 0. The largest absolute Gasteiger partial charge is 0.341 e. The highest BCUT2D eigenvalue weighted by molar-refractivity contribution is 6.19. The van der Waals surface area contributed by atoms with E-state index in [0.717, 1.165) is 6.54 Å². The summed E-state index contributed by atoms with van der Waals surface area (Å²) in [5.74, 6) is 0. The van der Waals surface area contributed by atoms with Crippen LogP contribution in [0.4, 0.5) is 0 Å². The second-order valence-corrected chi connectivity index (χ2v) is 6.88. The first-order valence-electron chi connectivity index (χ1n) is 9.53. The van der Waals surface area contributed by atoms with Crippen LogP contribution in [0.15, 0.2) is 97.1 Å². The van der Waals surface area contributed by atoms with E-state index in [1.807, 2.05) is 0 Å². The molecule has 0 aliphatic heterocycles. The van der Waals surface area contributed by atoms with Crippen LogP contribution in [0.1, 0.15) is 6.92 Å². The van der Waals surface area contributed by atoms with Crippen LogP contribution in [0.2, 0.25) is 0 Å². The SMILES string of the molecule is CCn1c2cccc(-c3ccccc3)c2c2c(-c3ccccc3)cccc21. The fourth-order valence-corrected chi connectivity index (χ4v) is 4.24. The molecule has 5 rings (SSSR count). The number of hydrogen-bond acceptors (Lipinski definition) is 0. The fourth-order valence-electron chi connectivity index (χ4n) is 4.24. The molecule has 0 atom stereocenters. The lowest BCUT2D eigenvalue weighted by molar-refractivity contribution is 0.827. The minimum absolute atomic E-state index is 0.955. The standard InChI is InChI=1S/C26H21N/c1-2-27-23-17-9-15-21(19-11-5-3-6-12-19)25(23)26-22(16-10-18-24(26)27)20-13-7-4-8-14-20/h3-18H,2H2,1H3. The lowest BCUT2D eigenvalue weighted by atomic mass is 9.95. The number of hydrogen-bond donors (Lipinski definition) is 0. The normalized spacial score (nSPS) is 11.3. The third-order valence-electron chi connectivity index (χ3n) is 5.40. The average Bonchev–Trinajstić information content (AvgIpc) is 3.09. The van der Waals surface area contributed by atoms with E-state index in [0.29, 0.717) is 0 Å². The molecule has 0 fully saturated rings. The number of aromatic nitrogens is 1. The summed E-state index contributed by atoms with van der Waals surface area (Å²) in [5, 5.41) is 2.69. The Morgan fingerprint density at radius 1 is 0.519 bits per heavy atom. The van der Waals surface area contributed by atoms with E-state index in [-0.39, 0.29) is 0 Å². The van der Waals surface area contributed by atoms with Crippen molar-refractivity contribution < 1.29 is 0 Å². The van der Waals surface area contributed by atoms with E-state index in [1.165, 1.54) is 44.1 Å². The summed E-state index contributed by atoms with van der Waals surface area (Å²) in [6.45, 7) is 3.18. The fraction of sp³-hybridized carbons (Fsp3) is 0.0769. The summed E-state index contributed by atoms with van der Waals surface area (Å²) < 4.78 is 2.43. The van der Waals surface area contributed by atoms with Gasteiger partial charge in [-0.1, -0.05) is 84.9 Å². The quantitative estimate of drug-likeness (QED) is 0.326. The Bertz CT molecular complexity index is 1130. The zero-order chi connectivity index (χ0) is 18.2. The molecule has 5 aromatic rings. The van der Waals surface area contributed by atoms with Crippen LogP contribution >= 0.6 is 0 Å². The molecule has 0 amide bonds. The van der Waals surface area contributed by atoms with Crippen molar-refractivity contribution in [2.45, 2.75) is 13.5 Å². The lowest BCUT2D eigenvalue weighted by Gasteiger charge is -2.08. The Kier molecular flexibility index (Phi) is 3.79. The highest BCUT2D eigenvalue weighted by Gasteiger charge is 2.17. The first kappa shape index (κ1) is 15.9. The Labute approximate surface area is 159 Å². The van der Waals surface area contributed by atoms with Crippen LogP contribution < -0.4 is 0 Å². The van der Waals surface area contributed by atoms with E-state index in [4.69, 9.17) is 0 Å². The number of nitrogens with zero attached hydrogens (tertiary/aromatic N) is 1. The molecule has 0 saturated heterocycles. The topological polar surface area (TPSA) is 4.93 Å². The van der Waals surface area contributed by atoms with Crippen molar-refractivity contribution in [1.82, 2.24) is 4.57 Å².